The Morgan fingerprint density at radius 1 is 1.21 bits per heavy atom. The van der Waals surface area contributed by atoms with Crippen molar-refractivity contribution >= 4 is 11.6 Å². The Hall–Kier alpha value is -1.59. The van der Waals surface area contributed by atoms with E-state index in [9.17, 15) is 4.79 Å². The highest BCUT2D eigenvalue weighted by Gasteiger charge is 2.41. The molecule has 5 nitrogen and oxygen atoms in total. The number of fused-ring (bicyclic) bond motifs is 1. The molecule has 1 N–H and O–H groups in total. The van der Waals surface area contributed by atoms with Gasteiger partial charge in [0.25, 0.3) is 0 Å². The Morgan fingerprint density at radius 3 is 2.96 bits per heavy atom. The summed E-state index contributed by atoms with van der Waals surface area (Å²) in [5, 5.41) is 3.66. The van der Waals surface area contributed by atoms with Crippen molar-refractivity contribution in [2.45, 2.75) is 50.3 Å². The van der Waals surface area contributed by atoms with Gasteiger partial charge < -0.3 is 19.7 Å². The van der Waals surface area contributed by atoms with Crippen molar-refractivity contribution in [2.75, 3.05) is 25.2 Å². The van der Waals surface area contributed by atoms with E-state index in [0.29, 0.717) is 18.1 Å². The van der Waals surface area contributed by atoms with Crippen molar-refractivity contribution in [1.82, 2.24) is 5.32 Å². The summed E-state index contributed by atoms with van der Waals surface area (Å²) in [4.78, 5) is 14.8. The summed E-state index contributed by atoms with van der Waals surface area (Å²) in [5.41, 5.74) is 0.875. The maximum Gasteiger partial charge on any atom is 0.244 e. The third-order valence-electron chi connectivity index (χ3n) is 5.78. The summed E-state index contributed by atoms with van der Waals surface area (Å²) in [6.07, 6.45) is 5.90. The zero-order valence-electron chi connectivity index (χ0n) is 14.2. The van der Waals surface area contributed by atoms with Gasteiger partial charge in [-0.05, 0) is 44.2 Å². The van der Waals surface area contributed by atoms with Gasteiger partial charge in [0.15, 0.2) is 0 Å². The first kappa shape index (κ1) is 15.9. The molecule has 130 valence electrons. The number of carbonyl (C=O) groups excluding carboxylic acids is 1. The van der Waals surface area contributed by atoms with Crippen LogP contribution in [0.25, 0.3) is 0 Å². The fourth-order valence-corrected chi connectivity index (χ4v) is 4.57. The van der Waals surface area contributed by atoms with Crippen LogP contribution in [0, 0.1) is 5.92 Å². The number of benzene rings is 1. The molecule has 4 unspecified atom stereocenters. The summed E-state index contributed by atoms with van der Waals surface area (Å²) in [7, 11) is 1.65. The van der Waals surface area contributed by atoms with Crippen LogP contribution in [0.1, 0.15) is 32.1 Å². The minimum atomic E-state index is -0.0840. The molecule has 2 saturated heterocycles. The number of methoxy groups -OCH3 is 1. The number of nitrogens with one attached hydrogen (secondary N) is 1. The molecule has 1 aromatic carbocycles. The van der Waals surface area contributed by atoms with Crippen molar-refractivity contribution < 1.29 is 14.3 Å². The Bertz CT molecular complexity index is 606. The summed E-state index contributed by atoms with van der Waals surface area (Å²) in [5.74, 6) is 1.50. The average molecular weight is 330 g/mol. The molecule has 24 heavy (non-hydrogen) atoms. The first-order chi connectivity index (χ1) is 11.8. The number of carbonyl (C=O) groups is 1. The molecule has 3 aliphatic rings. The Balaban J connectivity index is 1.45. The molecule has 1 amide bonds. The highest BCUT2D eigenvalue weighted by atomic mass is 16.5. The minimum absolute atomic E-state index is 0.0840. The van der Waals surface area contributed by atoms with E-state index >= 15 is 0 Å². The summed E-state index contributed by atoms with van der Waals surface area (Å²) in [6, 6.07) is 8.08. The van der Waals surface area contributed by atoms with Crippen LogP contribution in [0.5, 0.6) is 5.75 Å². The Labute approximate surface area is 143 Å². The van der Waals surface area contributed by atoms with Crippen LogP contribution >= 0.6 is 0 Å². The fraction of sp³-hybridized carbons (Fsp3) is 0.632. The van der Waals surface area contributed by atoms with Crippen LogP contribution in [0.4, 0.5) is 5.69 Å². The third kappa shape index (κ3) is 2.80. The molecule has 0 spiro atoms. The highest BCUT2D eigenvalue weighted by Crippen LogP contribution is 2.36. The second-order valence-corrected chi connectivity index (χ2v) is 7.07. The first-order valence-corrected chi connectivity index (χ1v) is 9.10. The smallest absolute Gasteiger partial charge is 0.244 e. The molecule has 4 rings (SSSR count). The van der Waals surface area contributed by atoms with E-state index in [2.05, 4.69) is 5.32 Å². The van der Waals surface area contributed by atoms with Gasteiger partial charge >= 0.3 is 0 Å². The first-order valence-electron chi connectivity index (χ1n) is 9.10. The molecule has 1 saturated carbocycles. The van der Waals surface area contributed by atoms with E-state index in [1.54, 1.807) is 7.11 Å². The van der Waals surface area contributed by atoms with E-state index in [4.69, 9.17) is 9.47 Å². The molecule has 1 aliphatic carbocycles. The molecule has 0 bridgehead atoms. The quantitative estimate of drug-likeness (QED) is 0.921. The van der Waals surface area contributed by atoms with Crippen molar-refractivity contribution in [2.24, 2.45) is 5.92 Å². The van der Waals surface area contributed by atoms with E-state index < -0.39 is 0 Å². The lowest BCUT2D eigenvalue weighted by Crippen LogP contribution is -2.50. The number of rotatable bonds is 4. The molecular formula is C19H26N2O3. The topological polar surface area (TPSA) is 50.8 Å². The molecular weight excluding hydrogens is 304 g/mol. The van der Waals surface area contributed by atoms with Gasteiger partial charge in [0, 0.05) is 25.1 Å². The van der Waals surface area contributed by atoms with Crippen LogP contribution < -0.4 is 15.0 Å². The maximum atomic E-state index is 12.9. The molecule has 0 aromatic heterocycles. The van der Waals surface area contributed by atoms with Crippen molar-refractivity contribution in [3.05, 3.63) is 24.3 Å². The minimum Gasteiger partial charge on any atom is -0.495 e. The predicted octanol–water partition coefficient (Wildman–Crippen LogP) is 2.35. The SMILES string of the molecule is COc1ccccc1N1CCC(NC2CCCC3OCCC23)C1=O. The van der Waals surface area contributed by atoms with Gasteiger partial charge in [-0.25, -0.2) is 0 Å². The van der Waals surface area contributed by atoms with Crippen LogP contribution in [0.2, 0.25) is 0 Å². The third-order valence-corrected chi connectivity index (χ3v) is 5.78. The molecule has 2 aliphatic heterocycles. The second-order valence-electron chi connectivity index (χ2n) is 7.07. The highest BCUT2D eigenvalue weighted by molar-refractivity contribution is 6.00. The standard InChI is InChI=1S/C19H26N2O3/c1-23-18-7-3-2-6-16(18)21-11-9-15(19(21)22)20-14-5-4-8-17-13(14)10-12-24-17/h2-3,6-7,13-15,17,20H,4-5,8-12H2,1H3. The number of hydrogen-bond donors (Lipinski definition) is 1. The number of para-hydroxylation sites is 2. The molecule has 3 fully saturated rings. The van der Waals surface area contributed by atoms with Crippen LogP contribution in [0.15, 0.2) is 24.3 Å². The molecule has 2 heterocycles. The Kier molecular flexibility index (Phi) is 4.46. The monoisotopic (exact) mass is 330 g/mol. The van der Waals surface area contributed by atoms with Gasteiger partial charge in [-0.15, -0.1) is 0 Å². The summed E-state index contributed by atoms with van der Waals surface area (Å²) >= 11 is 0. The number of anilines is 1. The maximum absolute atomic E-state index is 12.9. The van der Waals surface area contributed by atoms with Gasteiger partial charge in [0.2, 0.25) is 5.91 Å². The van der Waals surface area contributed by atoms with E-state index in [-0.39, 0.29) is 11.9 Å². The van der Waals surface area contributed by atoms with Crippen LogP contribution in [-0.4, -0.2) is 44.4 Å². The number of hydrogen-bond acceptors (Lipinski definition) is 4. The normalized spacial score (nSPS) is 32.9. The molecule has 0 radical (unpaired) electrons. The fourth-order valence-electron chi connectivity index (χ4n) is 4.57. The van der Waals surface area contributed by atoms with Gasteiger partial charge in [0.05, 0.1) is 24.9 Å². The van der Waals surface area contributed by atoms with Crippen LogP contribution in [0.3, 0.4) is 0 Å². The number of amides is 1. The van der Waals surface area contributed by atoms with Crippen LogP contribution in [-0.2, 0) is 9.53 Å². The predicted molar refractivity (Wildman–Crippen MR) is 92.4 cm³/mol. The zero-order valence-corrected chi connectivity index (χ0v) is 14.2. The lowest BCUT2D eigenvalue weighted by atomic mass is 9.81. The van der Waals surface area contributed by atoms with Crippen molar-refractivity contribution in [3.8, 4) is 5.75 Å². The van der Waals surface area contributed by atoms with Gasteiger partial charge in [-0.2, -0.15) is 0 Å². The van der Waals surface area contributed by atoms with Gasteiger partial charge in [-0.3, -0.25) is 4.79 Å². The molecule has 5 heteroatoms. The lowest BCUT2D eigenvalue weighted by Gasteiger charge is -2.34. The molecule has 1 aromatic rings. The lowest BCUT2D eigenvalue weighted by molar-refractivity contribution is -0.119. The second kappa shape index (κ2) is 6.73. The van der Waals surface area contributed by atoms with Crippen molar-refractivity contribution in [1.29, 1.82) is 0 Å². The van der Waals surface area contributed by atoms with E-state index in [1.807, 2.05) is 29.2 Å². The van der Waals surface area contributed by atoms with Gasteiger partial charge in [0.1, 0.15) is 5.75 Å². The largest absolute Gasteiger partial charge is 0.495 e. The molecule has 4 atom stereocenters. The summed E-state index contributed by atoms with van der Waals surface area (Å²) < 4.78 is 11.3. The average Bonchev–Trinajstić information content (AvgIpc) is 3.23. The zero-order chi connectivity index (χ0) is 16.5. The summed E-state index contributed by atoms with van der Waals surface area (Å²) in [6.45, 7) is 1.62. The van der Waals surface area contributed by atoms with E-state index in [0.717, 1.165) is 43.9 Å². The number of ether oxygens (including phenoxy) is 2. The van der Waals surface area contributed by atoms with E-state index in [1.165, 1.54) is 12.8 Å². The number of nitrogens with zero attached hydrogens (tertiary/aromatic N) is 1. The Morgan fingerprint density at radius 2 is 2.08 bits per heavy atom. The van der Waals surface area contributed by atoms with Gasteiger partial charge in [-0.1, -0.05) is 12.1 Å². The van der Waals surface area contributed by atoms with Crippen molar-refractivity contribution in [3.63, 3.8) is 0 Å².